The zero-order chi connectivity index (χ0) is 15.7. The zero-order valence-corrected chi connectivity index (χ0v) is 10.5. The molecule has 3 N–H and O–H groups in total. The van der Waals surface area contributed by atoms with Crippen molar-refractivity contribution >= 4 is 11.6 Å². The third-order valence-corrected chi connectivity index (χ3v) is 2.92. The number of nitrogens with two attached hydrogens (primary N) is 1. The van der Waals surface area contributed by atoms with E-state index in [2.05, 4.69) is 0 Å². The molecule has 1 rings (SSSR count). The summed E-state index contributed by atoms with van der Waals surface area (Å²) in [5.74, 6) is 0. The number of aliphatic hydroxyl groups is 1. The average Bonchev–Trinajstić information content (AvgIpc) is 2.26. The largest absolute Gasteiger partial charge is 0.416 e. The molecule has 20 heavy (non-hydrogen) atoms. The molecule has 0 aromatic heterocycles. The summed E-state index contributed by atoms with van der Waals surface area (Å²) in [6.45, 7) is 0. The van der Waals surface area contributed by atoms with E-state index in [0.717, 1.165) is 6.07 Å². The Balaban J connectivity index is 3.01. The molecule has 0 aliphatic rings. The van der Waals surface area contributed by atoms with Gasteiger partial charge in [0.25, 0.3) is 0 Å². The molecule has 1 aromatic carbocycles. The zero-order valence-electron chi connectivity index (χ0n) is 9.76. The summed E-state index contributed by atoms with van der Waals surface area (Å²) >= 11 is 5.59. The van der Waals surface area contributed by atoms with Gasteiger partial charge in [-0.2, -0.15) is 26.3 Å². The first kappa shape index (κ1) is 17.1. The molecule has 0 aliphatic carbocycles. The second-order valence-corrected chi connectivity index (χ2v) is 4.54. The van der Waals surface area contributed by atoms with Crippen LogP contribution in [-0.2, 0) is 6.18 Å². The third kappa shape index (κ3) is 4.26. The Morgan fingerprint density at radius 2 is 1.70 bits per heavy atom. The van der Waals surface area contributed by atoms with Gasteiger partial charge in [-0.05, 0) is 23.8 Å². The van der Waals surface area contributed by atoms with E-state index in [9.17, 15) is 31.4 Å². The molecular weight excluding hydrogens is 312 g/mol. The van der Waals surface area contributed by atoms with Crippen molar-refractivity contribution in [3.63, 3.8) is 0 Å². The van der Waals surface area contributed by atoms with Crippen molar-refractivity contribution in [2.24, 2.45) is 5.73 Å². The van der Waals surface area contributed by atoms with Gasteiger partial charge in [-0.25, -0.2) is 0 Å². The summed E-state index contributed by atoms with van der Waals surface area (Å²) in [6, 6.07) is -0.316. The highest BCUT2D eigenvalue weighted by molar-refractivity contribution is 6.31. The number of aliphatic hydroxyl groups excluding tert-OH is 1. The van der Waals surface area contributed by atoms with E-state index in [1.807, 2.05) is 0 Å². The molecule has 9 heteroatoms. The molecular formula is C11H10ClF6NO. The summed E-state index contributed by atoms with van der Waals surface area (Å²) in [6.07, 6.45) is -12.3. The van der Waals surface area contributed by atoms with Gasteiger partial charge in [0.15, 0.2) is 0 Å². The van der Waals surface area contributed by atoms with Gasteiger partial charge in [-0.1, -0.05) is 11.6 Å². The van der Waals surface area contributed by atoms with Crippen LogP contribution in [0.25, 0.3) is 0 Å². The first-order valence-electron chi connectivity index (χ1n) is 5.30. The fraction of sp³-hybridized carbons (Fsp3) is 0.455. The van der Waals surface area contributed by atoms with Gasteiger partial charge in [0.1, 0.15) is 6.04 Å². The van der Waals surface area contributed by atoms with E-state index in [4.69, 9.17) is 17.3 Å². The maximum atomic E-state index is 12.5. The van der Waals surface area contributed by atoms with E-state index in [1.54, 1.807) is 0 Å². The lowest BCUT2D eigenvalue weighted by atomic mass is 10.00. The maximum Gasteiger partial charge on any atom is 0.416 e. The van der Waals surface area contributed by atoms with Gasteiger partial charge in [-0.3, -0.25) is 0 Å². The number of hydrogen-bond donors (Lipinski definition) is 2. The summed E-state index contributed by atoms with van der Waals surface area (Å²) in [4.78, 5) is 0. The minimum absolute atomic E-state index is 0.264. The monoisotopic (exact) mass is 321 g/mol. The van der Waals surface area contributed by atoms with Gasteiger partial charge < -0.3 is 10.8 Å². The highest BCUT2D eigenvalue weighted by Gasteiger charge is 2.38. The molecule has 2 nitrogen and oxygen atoms in total. The van der Waals surface area contributed by atoms with Crippen LogP contribution in [0, 0.1) is 0 Å². The van der Waals surface area contributed by atoms with Gasteiger partial charge in [0.05, 0.1) is 11.7 Å². The van der Waals surface area contributed by atoms with Gasteiger partial charge in [0.2, 0.25) is 0 Å². The van der Waals surface area contributed by atoms with Crippen LogP contribution in [0.4, 0.5) is 26.3 Å². The number of alkyl halides is 6. The molecule has 1 aromatic rings. The second kappa shape index (κ2) is 5.79. The van der Waals surface area contributed by atoms with Crippen LogP contribution in [0.15, 0.2) is 18.2 Å². The van der Waals surface area contributed by atoms with Crippen LogP contribution in [0.5, 0.6) is 0 Å². The Morgan fingerprint density at radius 3 is 2.15 bits per heavy atom. The van der Waals surface area contributed by atoms with E-state index < -0.39 is 42.0 Å². The fourth-order valence-electron chi connectivity index (χ4n) is 1.48. The SMILES string of the molecule is N[C@H](C[C@H](O)c1cc(C(F)(F)F)ccc1Cl)C(F)(F)F. The van der Waals surface area contributed by atoms with Crippen molar-refractivity contribution in [2.45, 2.75) is 30.9 Å². The molecule has 0 aliphatic heterocycles. The van der Waals surface area contributed by atoms with Crippen molar-refractivity contribution in [3.8, 4) is 0 Å². The predicted octanol–water partition coefficient (Wildman–Crippen LogP) is 3.67. The molecule has 0 radical (unpaired) electrons. The predicted molar refractivity (Wildman–Crippen MR) is 60.1 cm³/mol. The second-order valence-electron chi connectivity index (χ2n) is 4.13. The molecule has 0 fully saturated rings. The first-order chi connectivity index (χ1) is 8.93. The van der Waals surface area contributed by atoms with Gasteiger partial charge in [-0.15, -0.1) is 0 Å². The normalized spacial score (nSPS) is 16.1. The standard InChI is InChI=1S/C11H10ClF6NO/c12-7-2-1-5(10(13,14)15)3-6(7)8(20)4-9(19)11(16,17)18/h1-3,8-9,20H,4,19H2/t8-,9+/m0/s1. The molecule has 0 amide bonds. The van der Waals surface area contributed by atoms with Crippen LogP contribution in [0.2, 0.25) is 5.02 Å². The van der Waals surface area contributed by atoms with Crippen molar-refractivity contribution in [1.29, 1.82) is 0 Å². The van der Waals surface area contributed by atoms with Crippen LogP contribution in [0.1, 0.15) is 23.7 Å². The Hall–Kier alpha value is -0.990. The third-order valence-electron chi connectivity index (χ3n) is 2.58. The molecule has 0 saturated carbocycles. The van der Waals surface area contributed by atoms with Crippen LogP contribution < -0.4 is 5.73 Å². The van der Waals surface area contributed by atoms with E-state index >= 15 is 0 Å². The van der Waals surface area contributed by atoms with Gasteiger partial charge in [0, 0.05) is 11.4 Å². The van der Waals surface area contributed by atoms with Crippen molar-refractivity contribution in [1.82, 2.24) is 0 Å². The van der Waals surface area contributed by atoms with E-state index in [0.29, 0.717) is 12.1 Å². The number of hydrogen-bond acceptors (Lipinski definition) is 2. The fourth-order valence-corrected chi connectivity index (χ4v) is 1.72. The van der Waals surface area contributed by atoms with Crippen LogP contribution >= 0.6 is 11.6 Å². The number of halogens is 7. The van der Waals surface area contributed by atoms with E-state index in [-0.39, 0.29) is 5.02 Å². The molecule has 0 heterocycles. The van der Waals surface area contributed by atoms with Crippen molar-refractivity contribution in [2.75, 3.05) is 0 Å². The number of rotatable bonds is 3. The minimum Gasteiger partial charge on any atom is -0.388 e. The Kier molecular flexibility index (Phi) is 4.94. The molecule has 0 spiro atoms. The lowest BCUT2D eigenvalue weighted by molar-refractivity contribution is -0.154. The molecule has 114 valence electrons. The molecule has 0 bridgehead atoms. The lowest BCUT2D eigenvalue weighted by Gasteiger charge is -2.20. The summed E-state index contributed by atoms with van der Waals surface area (Å²) in [7, 11) is 0. The first-order valence-corrected chi connectivity index (χ1v) is 5.67. The molecule has 2 atom stereocenters. The summed E-state index contributed by atoms with van der Waals surface area (Å²) < 4.78 is 74.2. The minimum atomic E-state index is -4.75. The average molecular weight is 322 g/mol. The van der Waals surface area contributed by atoms with Crippen LogP contribution in [0.3, 0.4) is 0 Å². The Labute approximate surface area is 115 Å². The van der Waals surface area contributed by atoms with Crippen molar-refractivity contribution < 1.29 is 31.4 Å². The van der Waals surface area contributed by atoms with Gasteiger partial charge >= 0.3 is 12.4 Å². The Bertz CT molecular complexity index is 473. The highest BCUT2D eigenvalue weighted by Crippen LogP contribution is 2.35. The van der Waals surface area contributed by atoms with E-state index in [1.165, 1.54) is 0 Å². The maximum absolute atomic E-state index is 12.5. The summed E-state index contributed by atoms with van der Waals surface area (Å²) in [5, 5.41) is 9.33. The molecule has 0 unspecified atom stereocenters. The lowest BCUT2D eigenvalue weighted by Crippen LogP contribution is -2.38. The van der Waals surface area contributed by atoms with Crippen molar-refractivity contribution in [3.05, 3.63) is 34.3 Å². The smallest absolute Gasteiger partial charge is 0.388 e. The quantitative estimate of drug-likeness (QED) is 0.834. The molecule has 0 saturated heterocycles. The summed E-state index contributed by atoms with van der Waals surface area (Å²) in [5.41, 5.74) is 3.25. The number of benzene rings is 1. The topological polar surface area (TPSA) is 46.2 Å². The highest BCUT2D eigenvalue weighted by atomic mass is 35.5. The Morgan fingerprint density at radius 1 is 1.15 bits per heavy atom. The van der Waals surface area contributed by atoms with Crippen LogP contribution in [-0.4, -0.2) is 17.3 Å².